The highest BCUT2D eigenvalue weighted by atomic mass is 16.5. The zero-order valence-electron chi connectivity index (χ0n) is 11.0. The van der Waals surface area contributed by atoms with Crippen molar-refractivity contribution in [2.75, 3.05) is 13.2 Å². The first-order chi connectivity index (χ1) is 8.13. The van der Waals surface area contributed by atoms with Gasteiger partial charge >= 0.3 is 0 Å². The van der Waals surface area contributed by atoms with Crippen molar-refractivity contribution in [3.63, 3.8) is 0 Å². The summed E-state index contributed by atoms with van der Waals surface area (Å²) >= 11 is 0. The Hall–Kier alpha value is -1.04. The Kier molecular flexibility index (Phi) is 9.52. The first-order valence-corrected chi connectivity index (χ1v) is 6.05. The Balaban J connectivity index is 0.000000770. The molecule has 2 nitrogen and oxygen atoms in total. The SMILES string of the molecule is C#CC.C=C(CO)CC(C)CC1CC=CCO1. The zero-order chi connectivity index (χ0) is 13.1. The number of hydrogen-bond acceptors (Lipinski definition) is 2. The molecular formula is C15H24O2. The lowest BCUT2D eigenvalue weighted by atomic mass is 9.94. The zero-order valence-corrected chi connectivity index (χ0v) is 11.0. The van der Waals surface area contributed by atoms with Gasteiger partial charge in [0.15, 0.2) is 0 Å². The molecule has 17 heavy (non-hydrogen) atoms. The van der Waals surface area contributed by atoms with Crippen LogP contribution in [0.3, 0.4) is 0 Å². The van der Waals surface area contributed by atoms with Gasteiger partial charge < -0.3 is 9.84 Å². The summed E-state index contributed by atoms with van der Waals surface area (Å²) in [6.45, 7) is 8.49. The number of hydrogen-bond donors (Lipinski definition) is 1. The summed E-state index contributed by atoms with van der Waals surface area (Å²) in [7, 11) is 0. The fourth-order valence-corrected chi connectivity index (χ4v) is 1.83. The first-order valence-electron chi connectivity index (χ1n) is 6.05. The van der Waals surface area contributed by atoms with Gasteiger partial charge in [0.25, 0.3) is 0 Å². The van der Waals surface area contributed by atoms with Crippen LogP contribution in [0.25, 0.3) is 0 Å². The minimum absolute atomic E-state index is 0.107. The third-order valence-corrected chi connectivity index (χ3v) is 2.52. The Bertz CT molecular complexity index is 273. The minimum atomic E-state index is 0.107. The smallest absolute Gasteiger partial charge is 0.0651 e. The molecule has 2 unspecified atom stereocenters. The van der Waals surface area contributed by atoms with Crippen LogP contribution in [0, 0.1) is 18.3 Å². The van der Waals surface area contributed by atoms with Crippen LogP contribution >= 0.6 is 0 Å². The molecule has 1 N–H and O–H groups in total. The van der Waals surface area contributed by atoms with E-state index in [1.54, 1.807) is 6.92 Å². The molecule has 96 valence electrons. The van der Waals surface area contributed by atoms with Gasteiger partial charge in [-0.25, -0.2) is 0 Å². The molecule has 0 amide bonds. The van der Waals surface area contributed by atoms with Crippen molar-refractivity contribution >= 4 is 0 Å². The standard InChI is InChI=1S/C12H20O2.C3H4/c1-10(7-11(2)9-13)8-12-5-3-4-6-14-12;1-3-2/h3-4,10,12-13H,2,5-9H2,1H3;1H,2H3. The lowest BCUT2D eigenvalue weighted by Gasteiger charge is -2.22. The largest absolute Gasteiger partial charge is 0.392 e. The van der Waals surface area contributed by atoms with E-state index >= 15 is 0 Å². The summed E-state index contributed by atoms with van der Waals surface area (Å²) in [5, 5.41) is 8.85. The third-order valence-electron chi connectivity index (χ3n) is 2.52. The summed E-state index contributed by atoms with van der Waals surface area (Å²) < 4.78 is 5.58. The third kappa shape index (κ3) is 8.74. The van der Waals surface area contributed by atoms with E-state index in [-0.39, 0.29) is 6.61 Å². The van der Waals surface area contributed by atoms with Crippen LogP contribution in [0.2, 0.25) is 0 Å². The van der Waals surface area contributed by atoms with Gasteiger partial charge in [0.1, 0.15) is 0 Å². The molecule has 0 aromatic carbocycles. The molecule has 0 saturated heterocycles. The Morgan fingerprint density at radius 1 is 1.65 bits per heavy atom. The van der Waals surface area contributed by atoms with Crippen LogP contribution in [0.15, 0.2) is 24.3 Å². The van der Waals surface area contributed by atoms with Gasteiger partial charge in [-0.2, -0.15) is 0 Å². The number of terminal acetylenes is 1. The molecule has 0 spiro atoms. The topological polar surface area (TPSA) is 29.5 Å². The molecule has 1 heterocycles. The fourth-order valence-electron chi connectivity index (χ4n) is 1.83. The normalized spacial score (nSPS) is 19.8. The van der Waals surface area contributed by atoms with Gasteiger partial charge in [-0.3, -0.25) is 0 Å². The molecule has 1 aliphatic rings. The average molecular weight is 236 g/mol. The number of aliphatic hydroxyl groups excluding tert-OH is 1. The van der Waals surface area contributed by atoms with Gasteiger partial charge in [0, 0.05) is 0 Å². The van der Waals surface area contributed by atoms with Crippen molar-refractivity contribution in [1.82, 2.24) is 0 Å². The Morgan fingerprint density at radius 3 is 2.76 bits per heavy atom. The van der Waals surface area contributed by atoms with Crippen LogP contribution in [0.1, 0.15) is 33.1 Å². The van der Waals surface area contributed by atoms with Gasteiger partial charge in [-0.1, -0.05) is 31.2 Å². The summed E-state index contributed by atoms with van der Waals surface area (Å²) in [6.07, 6.45) is 12.2. The predicted octanol–water partition coefficient (Wildman–Crippen LogP) is 2.94. The maximum atomic E-state index is 8.85. The van der Waals surface area contributed by atoms with Crippen LogP contribution in [0.5, 0.6) is 0 Å². The summed E-state index contributed by atoms with van der Waals surface area (Å²) in [5.41, 5.74) is 0.920. The van der Waals surface area contributed by atoms with E-state index in [2.05, 4.69) is 38.0 Å². The maximum Gasteiger partial charge on any atom is 0.0651 e. The molecule has 0 aromatic rings. The fraction of sp³-hybridized carbons (Fsp3) is 0.600. The summed E-state index contributed by atoms with van der Waals surface area (Å²) in [5.74, 6) is 2.80. The van der Waals surface area contributed by atoms with E-state index in [1.807, 2.05) is 0 Å². The highest BCUT2D eigenvalue weighted by Crippen LogP contribution is 2.20. The van der Waals surface area contributed by atoms with Crippen molar-refractivity contribution < 1.29 is 9.84 Å². The van der Waals surface area contributed by atoms with E-state index in [4.69, 9.17) is 9.84 Å². The molecule has 0 radical (unpaired) electrons. The van der Waals surface area contributed by atoms with Crippen molar-refractivity contribution in [2.45, 2.75) is 39.2 Å². The Morgan fingerprint density at radius 2 is 2.29 bits per heavy atom. The van der Waals surface area contributed by atoms with E-state index in [1.165, 1.54) is 0 Å². The highest BCUT2D eigenvalue weighted by molar-refractivity contribution is 4.96. The molecule has 2 heteroatoms. The van der Waals surface area contributed by atoms with Crippen molar-refractivity contribution in [1.29, 1.82) is 0 Å². The molecule has 0 aromatic heterocycles. The van der Waals surface area contributed by atoms with Crippen LogP contribution in [0.4, 0.5) is 0 Å². The molecule has 1 aliphatic heterocycles. The average Bonchev–Trinajstić information content (AvgIpc) is 2.31. The van der Waals surface area contributed by atoms with Crippen LogP contribution in [-0.2, 0) is 4.74 Å². The molecule has 2 atom stereocenters. The lowest BCUT2D eigenvalue weighted by Crippen LogP contribution is -2.19. The number of ether oxygens (including phenoxy) is 1. The van der Waals surface area contributed by atoms with Crippen LogP contribution < -0.4 is 0 Å². The molecule has 0 aliphatic carbocycles. The van der Waals surface area contributed by atoms with Gasteiger partial charge in [-0.05, 0) is 32.1 Å². The monoisotopic (exact) mass is 236 g/mol. The number of aliphatic hydroxyl groups is 1. The van der Waals surface area contributed by atoms with E-state index in [9.17, 15) is 0 Å². The number of rotatable bonds is 5. The highest BCUT2D eigenvalue weighted by Gasteiger charge is 2.14. The second-order valence-electron chi connectivity index (χ2n) is 4.40. The maximum absolute atomic E-state index is 8.85. The van der Waals surface area contributed by atoms with Crippen molar-refractivity contribution in [3.05, 3.63) is 24.3 Å². The molecule has 0 fully saturated rings. The van der Waals surface area contributed by atoms with Crippen molar-refractivity contribution in [3.8, 4) is 12.3 Å². The van der Waals surface area contributed by atoms with Gasteiger partial charge in [-0.15, -0.1) is 12.3 Å². The summed E-state index contributed by atoms with van der Waals surface area (Å²) in [4.78, 5) is 0. The second-order valence-corrected chi connectivity index (χ2v) is 4.40. The molecule has 1 rings (SSSR count). The van der Waals surface area contributed by atoms with E-state index in [0.29, 0.717) is 12.0 Å². The van der Waals surface area contributed by atoms with Gasteiger partial charge in [0.2, 0.25) is 0 Å². The Labute approximate surface area is 105 Å². The van der Waals surface area contributed by atoms with Crippen molar-refractivity contribution in [2.24, 2.45) is 5.92 Å². The van der Waals surface area contributed by atoms with Crippen LogP contribution in [-0.4, -0.2) is 24.4 Å². The quantitative estimate of drug-likeness (QED) is 0.587. The van der Waals surface area contributed by atoms with Gasteiger partial charge in [0.05, 0.1) is 19.3 Å². The first kappa shape index (κ1) is 16.0. The summed E-state index contributed by atoms with van der Waals surface area (Å²) in [6, 6.07) is 0. The minimum Gasteiger partial charge on any atom is -0.392 e. The molecule has 0 saturated carbocycles. The lowest BCUT2D eigenvalue weighted by molar-refractivity contribution is 0.0507. The second kappa shape index (κ2) is 10.1. The van der Waals surface area contributed by atoms with E-state index in [0.717, 1.165) is 31.4 Å². The molecular weight excluding hydrogens is 212 g/mol. The molecule has 0 bridgehead atoms. The van der Waals surface area contributed by atoms with E-state index < -0.39 is 0 Å². The predicted molar refractivity (Wildman–Crippen MR) is 72.6 cm³/mol.